The predicted molar refractivity (Wildman–Crippen MR) is 116 cm³/mol. The van der Waals surface area contributed by atoms with E-state index in [0.717, 1.165) is 41.3 Å². The van der Waals surface area contributed by atoms with E-state index >= 15 is 0 Å². The fourth-order valence-corrected chi connectivity index (χ4v) is 4.07. The van der Waals surface area contributed by atoms with Crippen molar-refractivity contribution in [3.05, 3.63) is 69.4 Å². The predicted octanol–water partition coefficient (Wildman–Crippen LogP) is 2.92. The highest BCUT2D eigenvalue weighted by atomic mass is 35.5. The van der Waals surface area contributed by atoms with Gasteiger partial charge in [0.1, 0.15) is 0 Å². The number of nitro groups is 1. The van der Waals surface area contributed by atoms with Gasteiger partial charge in [-0.3, -0.25) is 15.1 Å². The van der Waals surface area contributed by atoms with Crippen molar-refractivity contribution in [2.24, 2.45) is 0 Å². The van der Waals surface area contributed by atoms with Crippen LogP contribution in [0.1, 0.15) is 11.4 Å². The van der Waals surface area contributed by atoms with Crippen molar-refractivity contribution in [2.75, 3.05) is 30.3 Å². The van der Waals surface area contributed by atoms with Crippen LogP contribution in [0.5, 0.6) is 0 Å². The Bertz CT molecular complexity index is 745. The summed E-state index contributed by atoms with van der Waals surface area (Å²) in [4.78, 5) is 21.6. The Morgan fingerprint density at radius 3 is 2.75 bits per heavy atom. The van der Waals surface area contributed by atoms with E-state index in [-0.39, 0.29) is 0 Å². The minimum absolute atomic E-state index is 0.427. The van der Waals surface area contributed by atoms with Gasteiger partial charge in [-0.2, -0.15) is 23.5 Å². The molecule has 0 atom stereocenters. The molecule has 0 aliphatic heterocycles. The number of rotatable bonds is 14. The van der Waals surface area contributed by atoms with Crippen molar-refractivity contribution >= 4 is 35.1 Å². The molecule has 2 aromatic rings. The van der Waals surface area contributed by atoms with Crippen molar-refractivity contribution in [1.82, 2.24) is 25.6 Å². The van der Waals surface area contributed by atoms with Crippen LogP contribution in [0, 0.1) is 10.1 Å². The monoisotopic (exact) mass is 442 g/mol. The van der Waals surface area contributed by atoms with Crippen molar-refractivity contribution in [1.29, 1.82) is 0 Å². The highest BCUT2D eigenvalue weighted by molar-refractivity contribution is 7.99. The number of halogens is 1. The molecule has 0 aliphatic carbocycles. The summed E-state index contributed by atoms with van der Waals surface area (Å²) in [5.74, 6) is 3.74. The molecule has 11 heteroatoms. The number of aromatic amines is 1. The summed E-state index contributed by atoms with van der Waals surface area (Å²) in [5.41, 5.74) is 1.96. The Labute approximate surface area is 177 Å². The lowest BCUT2D eigenvalue weighted by Crippen LogP contribution is -2.30. The maximum absolute atomic E-state index is 10.8. The second kappa shape index (κ2) is 13.3. The molecule has 2 heterocycles. The average molecular weight is 443 g/mol. The zero-order valence-electron chi connectivity index (χ0n) is 15.3. The normalized spacial score (nSPS) is 11.4. The molecule has 0 amide bonds. The quantitative estimate of drug-likeness (QED) is 0.233. The van der Waals surface area contributed by atoms with Gasteiger partial charge >= 0.3 is 0 Å². The van der Waals surface area contributed by atoms with Crippen molar-refractivity contribution < 1.29 is 4.92 Å². The van der Waals surface area contributed by atoms with Crippen LogP contribution in [-0.4, -0.2) is 50.2 Å². The van der Waals surface area contributed by atoms with Gasteiger partial charge in [0, 0.05) is 48.4 Å². The van der Waals surface area contributed by atoms with Crippen molar-refractivity contribution in [3.8, 4) is 0 Å². The maximum atomic E-state index is 10.8. The SMILES string of the molecule is O=[N+]([O-])/C=C(\NCCSCCc1cnc[nH]1)NCCSCc1ncccc1Cl. The first kappa shape index (κ1) is 22.4. The lowest BCUT2D eigenvalue weighted by Gasteiger charge is -2.11. The molecule has 0 aliphatic rings. The van der Waals surface area contributed by atoms with E-state index in [1.807, 2.05) is 12.3 Å². The number of nitrogens with one attached hydrogen (secondary N) is 3. The summed E-state index contributed by atoms with van der Waals surface area (Å²) in [6, 6.07) is 3.62. The summed E-state index contributed by atoms with van der Waals surface area (Å²) in [7, 11) is 0. The number of nitrogens with zero attached hydrogens (tertiary/aromatic N) is 3. The lowest BCUT2D eigenvalue weighted by atomic mass is 10.4. The Hall–Kier alpha value is -1.91. The van der Waals surface area contributed by atoms with Crippen LogP contribution in [0.15, 0.2) is 42.9 Å². The first-order chi connectivity index (χ1) is 13.6. The Kier molecular flexibility index (Phi) is 10.6. The molecule has 0 unspecified atom stereocenters. The average Bonchev–Trinajstić information content (AvgIpc) is 3.18. The van der Waals surface area contributed by atoms with Gasteiger partial charge in [-0.05, 0) is 24.3 Å². The van der Waals surface area contributed by atoms with Gasteiger partial charge < -0.3 is 15.6 Å². The van der Waals surface area contributed by atoms with Gasteiger partial charge in [0.2, 0.25) is 0 Å². The third kappa shape index (κ3) is 9.34. The number of hydrogen-bond donors (Lipinski definition) is 3. The second-order valence-corrected chi connectivity index (χ2v) is 8.34. The second-order valence-electron chi connectivity index (χ2n) is 5.61. The van der Waals surface area contributed by atoms with E-state index in [2.05, 4.69) is 25.6 Å². The van der Waals surface area contributed by atoms with E-state index < -0.39 is 4.92 Å². The molecular formula is C17H23ClN6O2S2. The summed E-state index contributed by atoms with van der Waals surface area (Å²) in [5, 5.41) is 17.6. The van der Waals surface area contributed by atoms with Crippen LogP contribution in [-0.2, 0) is 12.2 Å². The summed E-state index contributed by atoms with van der Waals surface area (Å²) < 4.78 is 0. The van der Waals surface area contributed by atoms with Crippen LogP contribution in [0.4, 0.5) is 0 Å². The standard InChI is InChI=1S/C17H23ClN6O2S2/c18-15-2-1-4-20-16(15)12-28-9-6-22-17(11-24(25)26)21-5-8-27-7-3-14-10-19-13-23-14/h1-2,4,10-11,13,21-22H,3,5-9,12H2,(H,19,23)/b17-11+. The first-order valence-corrected chi connectivity index (χ1v) is 11.4. The molecular weight excluding hydrogens is 420 g/mol. The number of aryl methyl sites for hydroxylation is 1. The number of thioether (sulfide) groups is 2. The lowest BCUT2D eigenvalue weighted by molar-refractivity contribution is -0.404. The minimum atomic E-state index is -0.457. The summed E-state index contributed by atoms with van der Waals surface area (Å²) >= 11 is 9.53. The maximum Gasteiger partial charge on any atom is 0.274 e. The largest absolute Gasteiger partial charge is 0.366 e. The van der Waals surface area contributed by atoms with Gasteiger partial charge in [0.25, 0.3) is 6.20 Å². The molecule has 0 fully saturated rings. The van der Waals surface area contributed by atoms with E-state index in [0.29, 0.717) is 29.7 Å². The molecule has 3 N–H and O–H groups in total. The fourth-order valence-electron chi connectivity index (χ4n) is 2.17. The Balaban J connectivity index is 1.59. The number of H-pyrrole nitrogens is 1. The molecule has 0 aromatic carbocycles. The topological polar surface area (TPSA) is 109 Å². The molecule has 0 spiro atoms. The third-order valence-electron chi connectivity index (χ3n) is 3.50. The zero-order chi connectivity index (χ0) is 20.0. The van der Waals surface area contributed by atoms with Crippen LogP contribution < -0.4 is 10.6 Å². The van der Waals surface area contributed by atoms with Crippen molar-refractivity contribution in [3.63, 3.8) is 0 Å². The third-order valence-corrected chi connectivity index (χ3v) is 5.80. The molecule has 28 heavy (non-hydrogen) atoms. The molecule has 0 saturated heterocycles. The van der Waals surface area contributed by atoms with Crippen LogP contribution in [0.3, 0.4) is 0 Å². The zero-order valence-corrected chi connectivity index (χ0v) is 17.7. The van der Waals surface area contributed by atoms with E-state index in [1.54, 1.807) is 42.1 Å². The number of aromatic nitrogens is 3. The molecule has 0 saturated carbocycles. The van der Waals surface area contributed by atoms with E-state index in [9.17, 15) is 10.1 Å². The van der Waals surface area contributed by atoms with Gasteiger partial charge in [-0.25, -0.2) is 4.98 Å². The van der Waals surface area contributed by atoms with Crippen LogP contribution in [0.25, 0.3) is 0 Å². The summed E-state index contributed by atoms with van der Waals surface area (Å²) in [6.07, 6.45) is 7.11. The Morgan fingerprint density at radius 2 is 2.07 bits per heavy atom. The fraction of sp³-hybridized carbons (Fsp3) is 0.412. The summed E-state index contributed by atoms with van der Waals surface area (Å²) in [6.45, 7) is 1.26. The van der Waals surface area contributed by atoms with Gasteiger partial charge in [0.05, 0.1) is 22.0 Å². The molecule has 2 aromatic heterocycles. The van der Waals surface area contributed by atoms with E-state index in [4.69, 9.17) is 11.6 Å². The molecule has 8 nitrogen and oxygen atoms in total. The number of imidazole rings is 1. The highest BCUT2D eigenvalue weighted by Crippen LogP contribution is 2.17. The van der Waals surface area contributed by atoms with Crippen molar-refractivity contribution in [2.45, 2.75) is 12.2 Å². The molecule has 0 radical (unpaired) electrons. The Morgan fingerprint density at radius 1 is 1.29 bits per heavy atom. The van der Waals surface area contributed by atoms with Crippen LogP contribution in [0.2, 0.25) is 5.02 Å². The molecule has 2 rings (SSSR count). The van der Waals surface area contributed by atoms with Crippen LogP contribution >= 0.6 is 35.1 Å². The smallest absolute Gasteiger partial charge is 0.274 e. The van der Waals surface area contributed by atoms with Gasteiger partial charge in [-0.15, -0.1) is 0 Å². The van der Waals surface area contributed by atoms with Gasteiger partial charge in [-0.1, -0.05) is 11.6 Å². The van der Waals surface area contributed by atoms with Gasteiger partial charge in [0.15, 0.2) is 5.82 Å². The number of pyridine rings is 1. The minimum Gasteiger partial charge on any atom is -0.366 e. The molecule has 152 valence electrons. The molecule has 0 bridgehead atoms. The highest BCUT2D eigenvalue weighted by Gasteiger charge is 2.04. The van der Waals surface area contributed by atoms with E-state index in [1.165, 1.54) is 0 Å². The first-order valence-electron chi connectivity index (χ1n) is 8.70. The number of hydrogen-bond acceptors (Lipinski definition) is 8.